The molecule has 3 aromatic rings. The summed E-state index contributed by atoms with van der Waals surface area (Å²) in [6.45, 7) is 4.12. The third kappa shape index (κ3) is 2.60. The second kappa shape index (κ2) is 5.50. The predicted molar refractivity (Wildman–Crippen MR) is 86.6 cm³/mol. The maximum absolute atomic E-state index is 13.2. The Morgan fingerprint density at radius 3 is 2.64 bits per heavy atom. The minimum atomic E-state index is -0.437. The average molecular weight is 314 g/mol. The van der Waals surface area contributed by atoms with Crippen LogP contribution in [0.3, 0.4) is 0 Å². The van der Waals surface area contributed by atoms with Crippen LogP contribution in [0.2, 0.25) is 0 Å². The van der Waals surface area contributed by atoms with E-state index in [9.17, 15) is 9.18 Å². The Morgan fingerprint density at radius 1 is 1.18 bits per heavy atom. The van der Waals surface area contributed by atoms with E-state index in [2.05, 4.69) is 31.0 Å². The number of fused-ring (bicyclic) bond motifs is 1. The number of carbonyl (C=O) groups is 1. The van der Waals surface area contributed by atoms with Crippen LogP contribution in [0.5, 0.6) is 0 Å². The number of benzene rings is 2. The Labute approximate surface area is 131 Å². The monoisotopic (exact) mass is 314 g/mol. The molecular weight excluding hydrogens is 299 g/mol. The molecule has 5 heteroatoms. The third-order valence-electron chi connectivity index (χ3n) is 3.69. The Kier molecular flexibility index (Phi) is 3.66. The molecule has 1 heterocycles. The number of rotatable bonds is 1. The fraction of sp³-hybridized carbons (Fsp3) is 0.176. The van der Waals surface area contributed by atoms with E-state index in [1.807, 2.05) is 11.6 Å². The topological polar surface area (TPSA) is 34.4 Å². The molecule has 0 N–H and O–H groups in total. The second-order valence-corrected chi connectivity index (χ2v) is 6.28. The van der Waals surface area contributed by atoms with Gasteiger partial charge in [-0.1, -0.05) is 17.4 Å². The number of hydrogen-bond donors (Lipinski definition) is 0. The summed E-state index contributed by atoms with van der Waals surface area (Å²) in [6.07, 6.45) is 0. The molecule has 0 spiro atoms. The molecule has 22 heavy (non-hydrogen) atoms. The van der Waals surface area contributed by atoms with Crippen LogP contribution in [-0.4, -0.2) is 10.5 Å². The summed E-state index contributed by atoms with van der Waals surface area (Å²) in [4.78, 5) is 16.9. The van der Waals surface area contributed by atoms with Gasteiger partial charge in [-0.3, -0.25) is 4.79 Å². The van der Waals surface area contributed by atoms with E-state index in [1.54, 1.807) is 6.07 Å². The number of nitrogens with zero attached hydrogens (tertiary/aromatic N) is 2. The van der Waals surface area contributed by atoms with Crippen LogP contribution in [-0.2, 0) is 7.05 Å². The van der Waals surface area contributed by atoms with Crippen molar-refractivity contribution in [2.75, 3.05) is 0 Å². The van der Waals surface area contributed by atoms with E-state index >= 15 is 0 Å². The highest BCUT2D eigenvalue weighted by molar-refractivity contribution is 7.16. The van der Waals surface area contributed by atoms with Crippen molar-refractivity contribution in [3.05, 3.63) is 63.7 Å². The van der Waals surface area contributed by atoms with Crippen LogP contribution in [0.1, 0.15) is 21.5 Å². The maximum atomic E-state index is 13.2. The maximum Gasteiger partial charge on any atom is 0.279 e. The van der Waals surface area contributed by atoms with Crippen LogP contribution in [0.25, 0.3) is 10.2 Å². The number of carbonyl (C=O) groups excluding carboxylic acids is 1. The zero-order valence-corrected chi connectivity index (χ0v) is 13.4. The Morgan fingerprint density at radius 2 is 1.91 bits per heavy atom. The molecule has 0 bridgehead atoms. The summed E-state index contributed by atoms with van der Waals surface area (Å²) in [5.41, 5.74) is 3.70. The molecule has 0 unspecified atom stereocenters. The quantitative estimate of drug-likeness (QED) is 0.674. The van der Waals surface area contributed by atoms with Gasteiger partial charge in [-0.05, 0) is 55.3 Å². The molecule has 112 valence electrons. The Hall–Kier alpha value is -2.27. The van der Waals surface area contributed by atoms with Crippen LogP contribution in [0.4, 0.5) is 4.39 Å². The van der Waals surface area contributed by atoms with Crippen molar-refractivity contribution in [1.82, 2.24) is 4.57 Å². The van der Waals surface area contributed by atoms with Gasteiger partial charge in [-0.15, -0.1) is 0 Å². The SMILES string of the molecule is Cc1cc2sc(=NC(=O)c3cccc(F)c3)n(C)c2cc1C. The van der Waals surface area contributed by atoms with Crippen molar-refractivity contribution < 1.29 is 9.18 Å². The number of aromatic nitrogens is 1. The summed E-state index contributed by atoms with van der Waals surface area (Å²) < 4.78 is 16.2. The van der Waals surface area contributed by atoms with Crippen molar-refractivity contribution in [3.8, 4) is 0 Å². The van der Waals surface area contributed by atoms with Crippen molar-refractivity contribution in [1.29, 1.82) is 0 Å². The van der Waals surface area contributed by atoms with E-state index in [-0.39, 0.29) is 5.56 Å². The number of amides is 1. The van der Waals surface area contributed by atoms with Crippen molar-refractivity contribution in [2.24, 2.45) is 12.0 Å². The fourth-order valence-electron chi connectivity index (χ4n) is 2.26. The first-order chi connectivity index (χ1) is 10.5. The molecule has 0 saturated heterocycles. The largest absolute Gasteiger partial charge is 0.319 e. The molecule has 0 aliphatic heterocycles. The van der Waals surface area contributed by atoms with E-state index < -0.39 is 11.7 Å². The normalized spacial score (nSPS) is 12.1. The van der Waals surface area contributed by atoms with Crippen LogP contribution in [0.15, 0.2) is 41.4 Å². The summed E-state index contributed by atoms with van der Waals surface area (Å²) in [5, 5.41) is 0. The lowest BCUT2D eigenvalue weighted by atomic mass is 10.1. The third-order valence-corrected chi connectivity index (χ3v) is 4.79. The van der Waals surface area contributed by atoms with Gasteiger partial charge in [-0.2, -0.15) is 4.99 Å². The van der Waals surface area contributed by atoms with Gasteiger partial charge in [0, 0.05) is 12.6 Å². The molecule has 0 fully saturated rings. The smallest absolute Gasteiger partial charge is 0.279 e. The summed E-state index contributed by atoms with van der Waals surface area (Å²) in [6, 6.07) is 9.77. The average Bonchev–Trinajstić information content (AvgIpc) is 2.76. The van der Waals surface area contributed by atoms with Crippen LogP contribution < -0.4 is 4.80 Å². The second-order valence-electron chi connectivity index (χ2n) is 5.28. The number of hydrogen-bond acceptors (Lipinski definition) is 2. The molecule has 0 radical (unpaired) electrons. The van der Waals surface area contributed by atoms with E-state index in [0.29, 0.717) is 4.80 Å². The first-order valence-corrected chi connectivity index (χ1v) is 7.69. The first kappa shape index (κ1) is 14.7. The number of thiazole rings is 1. The van der Waals surface area contributed by atoms with Crippen LogP contribution in [0, 0.1) is 19.7 Å². The lowest BCUT2D eigenvalue weighted by Gasteiger charge is -2.00. The minimum absolute atomic E-state index is 0.254. The molecule has 3 rings (SSSR count). The predicted octanol–water partition coefficient (Wildman–Crippen LogP) is 3.74. The summed E-state index contributed by atoms with van der Waals surface area (Å²) in [7, 11) is 1.88. The summed E-state index contributed by atoms with van der Waals surface area (Å²) in [5.74, 6) is -0.872. The highest BCUT2D eigenvalue weighted by atomic mass is 32.1. The molecule has 0 aliphatic rings. The molecule has 0 saturated carbocycles. The highest BCUT2D eigenvalue weighted by Gasteiger charge is 2.09. The standard InChI is InChI=1S/C17H15FN2OS/c1-10-7-14-15(8-11(10)2)22-17(20(14)3)19-16(21)12-5-4-6-13(18)9-12/h4-9H,1-3H3. The molecule has 0 aliphatic carbocycles. The molecule has 1 aromatic heterocycles. The van der Waals surface area contributed by atoms with Gasteiger partial charge in [0.1, 0.15) is 5.82 Å². The number of aryl methyl sites for hydroxylation is 3. The fourth-order valence-corrected chi connectivity index (χ4v) is 3.36. The van der Waals surface area contributed by atoms with Gasteiger partial charge in [0.2, 0.25) is 0 Å². The zero-order valence-electron chi connectivity index (χ0n) is 12.6. The van der Waals surface area contributed by atoms with Crippen LogP contribution >= 0.6 is 11.3 Å². The van der Waals surface area contributed by atoms with Gasteiger partial charge in [-0.25, -0.2) is 4.39 Å². The van der Waals surface area contributed by atoms with E-state index in [4.69, 9.17) is 0 Å². The Bertz CT molecular complexity index is 953. The minimum Gasteiger partial charge on any atom is -0.319 e. The molecule has 3 nitrogen and oxygen atoms in total. The molecule has 2 aromatic carbocycles. The zero-order chi connectivity index (χ0) is 15.9. The van der Waals surface area contributed by atoms with E-state index in [1.165, 1.54) is 40.7 Å². The molecule has 1 amide bonds. The Balaban J connectivity index is 2.13. The van der Waals surface area contributed by atoms with Gasteiger partial charge < -0.3 is 4.57 Å². The first-order valence-electron chi connectivity index (χ1n) is 6.87. The van der Waals surface area contributed by atoms with Gasteiger partial charge in [0.15, 0.2) is 4.80 Å². The summed E-state index contributed by atoms with van der Waals surface area (Å²) >= 11 is 1.46. The number of halogens is 1. The van der Waals surface area contributed by atoms with E-state index in [0.717, 1.165) is 10.2 Å². The van der Waals surface area contributed by atoms with Crippen molar-refractivity contribution in [2.45, 2.75) is 13.8 Å². The molecule has 0 atom stereocenters. The van der Waals surface area contributed by atoms with Gasteiger partial charge in [0.05, 0.1) is 10.2 Å². The van der Waals surface area contributed by atoms with Gasteiger partial charge >= 0.3 is 0 Å². The highest BCUT2D eigenvalue weighted by Crippen LogP contribution is 2.21. The van der Waals surface area contributed by atoms with Gasteiger partial charge in [0.25, 0.3) is 5.91 Å². The van der Waals surface area contributed by atoms with Crippen molar-refractivity contribution in [3.63, 3.8) is 0 Å². The lowest BCUT2D eigenvalue weighted by molar-refractivity contribution is 0.0997. The lowest BCUT2D eigenvalue weighted by Crippen LogP contribution is -2.13. The molecular formula is C17H15FN2OS. The van der Waals surface area contributed by atoms with Crippen molar-refractivity contribution >= 4 is 27.5 Å².